The number of unbranched alkanes of at least 4 members (excludes halogenated alkanes) is 3. The van der Waals surface area contributed by atoms with Crippen LogP contribution in [-0.4, -0.2) is 31.6 Å². The fourth-order valence-corrected chi connectivity index (χ4v) is 2.13. The van der Waals surface area contributed by atoms with Gasteiger partial charge in [0.15, 0.2) is 5.16 Å². The van der Waals surface area contributed by atoms with Crippen molar-refractivity contribution in [1.82, 2.24) is 14.8 Å². The van der Waals surface area contributed by atoms with E-state index in [1.807, 2.05) is 0 Å². The molecular weight excluding hydrogens is 240 g/mol. The Morgan fingerprint density at radius 2 is 2.18 bits per heavy atom. The highest BCUT2D eigenvalue weighted by atomic mass is 32.2. The second kappa shape index (κ2) is 7.16. The van der Waals surface area contributed by atoms with E-state index in [0.717, 1.165) is 31.1 Å². The number of carbonyl (C=O) groups is 1. The third-order valence-electron chi connectivity index (χ3n) is 2.31. The average molecular weight is 258 g/mol. The number of aromatic nitrogens is 3. The van der Waals surface area contributed by atoms with E-state index >= 15 is 0 Å². The molecule has 0 aliphatic rings. The van der Waals surface area contributed by atoms with Crippen LogP contribution in [0, 0.1) is 0 Å². The summed E-state index contributed by atoms with van der Waals surface area (Å²) in [4.78, 5) is 10.5. The Morgan fingerprint density at radius 3 is 2.82 bits per heavy atom. The van der Waals surface area contributed by atoms with E-state index in [4.69, 9.17) is 10.8 Å². The summed E-state index contributed by atoms with van der Waals surface area (Å²) in [6, 6.07) is 0. The molecule has 0 radical (unpaired) electrons. The molecule has 3 N–H and O–H groups in total. The Labute approximate surface area is 105 Å². The van der Waals surface area contributed by atoms with Crippen LogP contribution in [0.4, 0.5) is 5.95 Å². The molecule has 1 rings (SSSR count). The molecule has 0 bridgehead atoms. The first-order valence-corrected chi connectivity index (χ1v) is 6.67. The molecule has 17 heavy (non-hydrogen) atoms. The van der Waals surface area contributed by atoms with Crippen LogP contribution >= 0.6 is 11.8 Å². The van der Waals surface area contributed by atoms with Gasteiger partial charge in [-0.25, -0.2) is 0 Å². The zero-order chi connectivity index (χ0) is 12.7. The molecule has 0 saturated heterocycles. The summed E-state index contributed by atoms with van der Waals surface area (Å²) >= 11 is 1.15. The molecule has 6 nitrogen and oxygen atoms in total. The van der Waals surface area contributed by atoms with Crippen LogP contribution in [0.5, 0.6) is 0 Å². The van der Waals surface area contributed by atoms with Crippen molar-refractivity contribution in [2.45, 2.75) is 44.3 Å². The maximum atomic E-state index is 10.5. The van der Waals surface area contributed by atoms with Gasteiger partial charge in [0.25, 0.3) is 0 Å². The van der Waals surface area contributed by atoms with Gasteiger partial charge in [-0.3, -0.25) is 9.36 Å². The largest absolute Gasteiger partial charge is 0.481 e. The van der Waals surface area contributed by atoms with E-state index in [0.29, 0.717) is 11.1 Å². The molecule has 0 unspecified atom stereocenters. The van der Waals surface area contributed by atoms with E-state index in [1.165, 1.54) is 12.8 Å². The van der Waals surface area contributed by atoms with Crippen molar-refractivity contribution < 1.29 is 9.90 Å². The first kappa shape index (κ1) is 13.8. The number of nitrogens with two attached hydrogens (primary N) is 1. The van der Waals surface area contributed by atoms with E-state index in [2.05, 4.69) is 17.1 Å². The molecule has 96 valence electrons. The normalized spacial score (nSPS) is 10.6. The summed E-state index contributed by atoms with van der Waals surface area (Å²) in [5, 5.41) is 16.8. The average Bonchev–Trinajstić information content (AvgIpc) is 2.63. The molecule has 0 aliphatic heterocycles. The molecule has 0 saturated carbocycles. The number of aliphatic carboxylic acids is 1. The fraction of sp³-hybridized carbons (Fsp3) is 0.700. The van der Waals surface area contributed by atoms with Crippen LogP contribution in [0.3, 0.4) is 0 Å². The van der Waals surface area contributed by atoms with Gasteiger partial charge in [0, 0.05) is 6.54 Å². The quantitative estimate of drug-likeness (QED) is 0.543. The van der Waals surface area contributed by atoms with E-state index in [1.54, 1.807) is 4.57 Å². The Hall–Kier alpha value is -1.24. The maximum Gasteiger partial charge on any atom is 0.313 e. The third-order valence-corrected chi connectivity index (χ3v) is 3.26. The lowest BCUT2D eigenvalue weighted by Gasteiger charge is -2.06. The van der Waals surface area contributed by atoms with E-state index < -0.39 is 5.97 Å². The minimum atomic E-state index is -0.867. The summed E-state index contributed by atoms with van der Waals surface area (Å²) in [6.45, 7) is 2.90. The molecule has 0 aliphatic carbocycles. The Balaban J connectivity index is 2.50. The summed E-state index contributed by atoms with van der Waals surface area (Å²) in [6.07, 6.45) is 4.52. The predicted octanol–water partition coefficient (Wildman–Crippen LogP) is 1.62. The molecule has 1 aromatic rings. The van der Waals surface area contributed by atoms with Crippen molar-refractivity contribution in [1.29, 1.82) is 0 Å². The number of rotatable bonds is 8. The molecule has 1 aromatic heterocycles. The van der Waals surface area contributed by atoms with E-state index in [9.17, 15) is 4.79 Å². The van der Waals surface area contributed by atoms with Gasteiger partial charge in [-0.2, -0.15) is 0 Å². The first-order valence-electron chi connectivity index (χ1n) is 5.68. The maximum absolute atomic E-state index is 10.5. The van der Waals surface area contributed by atoms with Gasteiger partial charge in [0.1, 0.15) is 0 Å². The standard InChI is InChI=1S/C10H18N4O2S/c1-2-3-4-5-6-14-9(11)12-13-10(14)17-7-8(15)16/h2-7H2,1H3,(H2,11,12)(H,15,16). The van der Waals surface area contributed by atoms with Gasteiger partial charge in [-0.1, -0.05) is 37.9 Å². The number of anilines is 1. The second-order valence-electron chi connectivity index (χ2n) is 3.74. The SMILES string of the molecule is CCCCCCn1c(N)nnc1SCC(=O)O. The van der Waals surface area contributed by atoms with Crippen LogP contribution in [0.1, 0.15) is 32.6 Å². The number of carboxylic acid groups (broad SMARTS) is 1. The molecule has 0 amide bonds. The molecule has 7 heteroatoms. The monoisotopic (exact) mass is 258 g/mol. The van der Waals surface area contributed by atoms with Crippen LogP contribution in [0.25, 0.3) is 0 Å². The third kappa shape index (κ3) is 4.64. The van der Waals surface area contributed by atoms with Gasteiger partial charge in [-0.05, 0) is 6.42 Å². The van der Waals surface area contributed by atoms with Gasteiger partial charge in [0.05, 0.1) is 5.75 Å². The fourth-order valence-electron chi connectivity index (χ4n) is 1.44. The molecular formula is C10H18N4O2S. The Bertz CT molecular complexity index is 367. The zero-order valence-electron chi connectivity index (χ0n) is 9.93. The second-order valence-corrected chi connectivity index (χ2v) is 4.68. The number of carboxylic acids is 1. The van der Waals surface area contributed by atoms with Crippen LogP contribution in [0.15, 0.2) is 5.16 Å². The lowest BCUT2D eigenvalue weighted by Crippen LogP contribution is -2.06. The smallest absolute Gasteiger partial charge is 0.313 e. The van der Waals surface area contributed by atoms with Gasteiger partial charge >= 0.3 is 5.97 Å². The Kier molecular flexibility index (Phi) is 5.82. The van der Waals surface area contributed by atoms with Gasteiger partial charge in [0.2, 0.25) is 5.95 Å². The topological polar surface area (TPSA) is 94.0 Å². The number of nitrogen functional groups attached to an aromatic ring is 1. The van der Waals surface area contributed by atoms with E-state index in [-0.39, 0.29) is 5.75 Å². The lowest BCUT2D eigenvalue weighted by molar-refractivity contribution is -0.133. The predicted molar refractivity (Wildman–Crippen MR) is 66.9 cm³/mol. The Morgan fingerprint density at radius 1 is 1.41 bits per heavy atom. The van der Waals surface area contributed by atoms with Crippen LogP contribution in [-0.2, 0) is 11.3 Å². The minimum absolute atomic E-state index is 0.0207. The van der Waals surface area contributed by atoms with Crippen molar-refractivity contribution in [2.75, 3.05) is 11.5 Å². The summed E-state index contributed by atoms with van der Waals surface area (Å²) in [5.74, 6) is -0.531. The number of thioether (sulfide) groups is 1. The number of hydrogen-bond acceptors (Lipinski definition) is 5. The summed E-state index contributed by atoms with van der Waals surface area (Å²) in [7, 11) is 0. The van der Waals surface area contributed by atoms with Crippen molar-refractivity contribution in [3.63, 3.8) is 0 Å². The molecule has 1 heterocycles. The van der Waals surface area contributed by atoms with Crippen LogP contribution in [0.2, 0.25) is 0 Å². The highest BCUT2D eigenvalue weighted by molar-refractivity contribution is 7.99. The van der Waals surface area contributed by atoms with Crippen molar-refractivity contribution in [3.8, 4) is 0 Å². The molecule has 0 aromatic carbocycles. The lowest BCUT2D eigenvalue weighted by atomic mass is 10.2. The highest BCUT2D eigenvalue weighted by Gasteiger charge is 2.11. The summed E-state index contributed by atoms with van der Waals surface area (Å²) in [5.41, 5.74) is 5.69. The highest BCUT2D eigenvalue weighted by Crippen LogP contribution is 2.18. The van der Waals surface area contributed by atoms with Gasteiger partial charge < -0.3 is 10.8 Å². The van der Waals surface area contributed by atoms with Crippen LogP contribution < -0.4 is 5.73 Å². The van der Waals surface area contributed by atoms with Crippen molar-refractivity contribution in [2.24, 2.45) is 0 Å². The molecule has 0 atom stereocenters. The first-order chi connectivity index (χ1) is 8.15. The van der Waals surface area contributed by atoms with Crippen molar-refractivity contribution in [3.05, 3.63) is 0 Å². The molecule has 0 spiro atoms. The molecule has 0 fully saturated rings. The van der Waals surface area contributed by atoms with Gasteiger partial charge in [-0.15, -0.1) is 10.2 Å². The zero-order valence-corrected chi connectivity index (χ0v) is 10.7. The summed E-state index contributed by atoms with van der Waals surface area (Å²) < 4.78 is 1.78. The minimum Gasteiger partial charge on any atom is -0.481 e. The number of nitrogens with zero attached hydrogens (tertiary/aromatic N) is 3. The number of hydrogen-bond donors (Lipinski definition) is 2. The van der Waals surface area contributed by atoms with Crippen molar-refractivity contribution >= 4 is 23.7 Å².